The van der Waals surface area contributed by atoms with Crippen molar-refractivity contribution in [2.45, 2.75) is 6.61 Å². The Morgan fingerprint density at radius 2 is 1.64 bits per heavy atom. The van der Waals surface area contributed by atoms with Gasteiger partial charge in [0.05, 0.1) is 11.1 Å². The van der Waals surface area contributed by atoms with Gasteiger partial charge in [-0.05, 0) is 42.0 Å². The molecule has 0 aliphatic rings. The topological polar surface area (TPSA) is 83.8 Å². The van der Waals surface area contributed by atoms with Crippen LogP contribution in [0.1, 0.15) is 31.8 Å². The first-order valence-electron chi connectivity index (χ1n) is 8.59. The predicted octanol–water partition coefficient (Wildman–Crippen LogP) is 4.57. The van der Waals surface area contributed by atoms with Gasteiger partial charge in [-0.2, -0.15) is 0 Å². The Bertz CT molecular complexity index is 1020. The molecular weight excluding hydrogens is 356 g/mol. The van der Waals surface area contributed by atoms with E-state index in [1.54, 1.807) is 18.2 Å². The minimum absolute atomic E-state index is 0.0684. The molecule has 3 rings (SSSR count). The van der Waals surface area contributed by atoms with E-state index in [0.29, 0.717) is 17.9 Å². The van der Waals surface area contributed by atoms with E-state index in [9.17, 15) is 14.7 Å². The molecule has 3 aromatic rings. The van der Waals surface area contributed by atoms with Crippen molar-refractivity contribution in [2.24, 2.45) is 0 Å². The zero-order valence-electron chi connectivity index (χ0n) is 14.9. The Morgan fingerprint density at radius 1 is 0.929 bits per heavy atom. The summed E-state index contributed by atoms with van der Waals surface area (Å²) in [5.74, 6) is -1.33. The molecule has 0 spiro atoms. The number of ether oxygens (including phenoxy) is 1. The molecule has 0 unspecified atom stereocenters. The first-order chi connectivity index (χ1) is 13.5. The molecule has 0 saturated heterocycles. The third kappa shape index (κ3) is 4.65. The summed E-state index contributed by atoms with van der Waals surface area (Å²) in [6.45, 7) is 0.390. The van der Waals surface area contributed by atoms with Crippen LogP contribution in [0.5, 0.6) is 11.5 Å². The second-order valence-corrected chi connectivity index (χ2v) is 6.05. The molecule has 0 bridgehead atoms. The van der Waals surface area contributed by atoms with Crippen LogP contribution in [0.15, 0.2) is 78.9 Å². The SMILES string of the molecule is O=C(O)c1ccc(O)c(C(=O)/C=C/c2ccccc2OCc2ccccc2)c1. The van der Waals surface area contributed by atoms with Crippen molar-refractivity contribution in [2.75, 3.05) is 0 Å². The van der Waals surface area contributed by atoms with Crippen molar-refractivity contribution in [1.29, 1.82) is 0 Å². The first-order valence-corrected chi connectivity index (χ1v) is 8.59. The summed E-state index contributed by atoms with van der Waals surface area (Å²) in [6.07, 6.45) is 2.86. The quantitative estimate of drug-likeness (QED) is 0.468. The summed E-state index contributed by atoms with van der Waals surface area (Å²) in [5, 5.41) is 18.9. The zero-order chi connectivity index (χ0) is 19.9. The van der Waals surface area contributed by atoms with Crippen LogP contribution in [0.3, 0.4) is 0 Å². The van der Waals surface area contributed by atoms with E-state index in [-0.39, 0.29) is 16.9 Å². The molecule has 0 amide bonds. The fourth-order valence-electron chi connectivity index (χ4n) is 2.61. The lowest BCUT2D eigenvalue weighted by molar-refractivity contribution is 0.0697. The predicted molar refractivity (Wildman–Crippen MR) is 106 cm³/mol. The summed E-state index contributed by atoms with van der Waals surface area (Å²) < 4.78 is 5.85. The largest absolute Gasteiger partial charge is 0.507 e. The number of allylic oxidation sites excluding steroid dienone is 1. The summed E-state index contributed by atoms with van der Waals surface area (Å²) in [4.78, 5) is 23.5. The van der Waals surface area contributed by atoms with Gasteiger partial charge >= 0.3 is 5.97 Å². The smallest absolute Gasteiger partial charge is 0.335 e. The number of carboxylic acids is 1. The van der Waals surface area contributed by atoms with E-state index in [1.807, 2.05) is 42.5 Å². The highest BCUT2D eigenvalue weighted by atomic mass is 16.5. The van der Waals surface area contributed by atoms with E-state index in [2.05, 4.69) is 0 Å². The number of benzene rings is 3. The third-order valence-corrected chi connectivity index (χ3v) is 4.08. The molecule has 0 fully saturated rings. The van der Waals surface area contributed by atoms with E-state index >= 15 is 0 Å². The number of carboxylic acid groups (broad SMARTS) is 1. The molecule has 0 atom stereocenters. The van der Waals surface area contributed by atoms with Crippen molar-refractivity contribution < 1.29 is 24.5 Å². The Labute approximate surface area is 162 Å². The molecule has 5 nitrogen and oxygen atoms in total. The maximum atomic E-state index is 12.4. The Morgan fingerprint density at radius 3 is 2.39 bits per heavy atom. The fraction of sp³-hybridized carbons (Fsp3) is 0.0435. The molecular formula is C23H18O5. The van der Waals surface area contributed by atoms with Gasteiger partial charge in [0, 0.05) is 5.56 Å². The van der Waals surface area contributed by atoms with E-state index in [1.165, 1.54) is 18.2 Å². The van der Waals surface area contributed by atoms with Crippen LogP contribution in [0, 0.1) is 0 Å². The van der Waals surface area contributed by atoms with Gasteiger partial charge in [-0.1, -0.05) is 48.5 Å². The lowest BCUT2D eigenvalue weighted by atomic mass is 10.0. The number of phenolic OH excluding ortho intramolecular Hbond substituents is 1. The highest BCUT2D eigenvalue weighted by Crippen LogP contribution is 2.23. The number of hydrogen-bond acceptors (Lipinski definition) is 4. The van der Waals surface area contributed by atoms with Gasteiger partial charge in [0.2, 0.25) is 0 Å². The standard InChI is InChI=1S/C23H18O5/c24-20(19-14-18(23(26)27)11-13-21(19)25)12-10-17-8-4-5-9-22(17)28-15-16-6-2-1-3-7-16/h1-14,25H,15H2,(H,26,27)/b12-10+. The number of ketones is 1. The molecule has 140 valence electrons. The second-order valence-electron chi connectivity index (χ2n) is 6.05. The molecule has 0 radical (unpaired) electrons. The van der Waals surface area contributed by atoms with E-state index in [4.69, 9.17) is 9.84 Å². The van der Waals surface area contributed by atoms with Crippen LogP contribution >= 0.6 is 0 Å². The van der Waals surface area contributed by atoms with E-state index in [0.717, 1.165) is 11.6 Å². The van der Waals surface area contributed by atoms with Crippen LogP contribution in [-0.4, -0.2) is 22.0 Å². The van der Waals surface area contributed by atoms with Gasteiger partial charge in [-0.3, -0.25) is 4.79 Å². The van der Waals surface area contributed by atoms with Crippen LogP contribution in [0.4, 0.5) is 0 Å². The molecule has 5 heteroatoms. The maximum Gasteiger partial charge on any atom is 0.335 e. The number of aromatic carboxylic acids is 1. The lowest BCUT2D eigenvalue weighted by Gasteiger charge is -2.09. The number of phenols is 1. The van der Waals surface area contributed by atoms with Crippen molar-refractivity contribution in [1.82, 2.24) is 0 Å². The number of carbonyl (C=O) groups excluding carboxylic acids is 1. The minimum atomic E-state index is -1.17. The molecule has 2 N–H and O–H groups in total. The number of rotatable bonds is 7. The average molecular weight is 374 g/mol. The molecule has 28 heavy (non-hydrogen) atoms. The molecule has 3 aromatic carbocycles. The third-order valence-electron chi connectivity index (χ3n) is 4.08. The van der Waals surface area contributed by atoms with Crippen LogP contribution in [0.2, 0.25) is 0 Å². The Balaban J connectivity index is 1.78. The molecule has 0 aliphatic carbocycles. The molecule has 0 heterocycles. The Kier molecular flexibility index (Phi) is 5.87. The van der Waals surface area contributed by atoms with Crippen molar-refractivity contribution in [3.8, 4) is 11.5 Å². The monoisotopic (exact) mass is 374 g/mol. The average Bonchev–Trinajstić information content (AvgIpc) is 2.72. The van der Waals surface area contributed by atoms with Crippen molar-refractivity contribution in [3.63, 3.8) is 0 Å². The van der Waals surface area contributed by atoms with Crippen LogP contribution < -0.4 is 4.74 Å². The Hall–Kier alpha value is -3.86. The van der Waals surface area contributed by atoms with Crippen molar-refractivity contribution in [3.05, 3.63) is 101 Å². The summed E-state index contributed by atoms with van der Waals surface area (Å²) >= 11 is 0. The normalized spacial score (nSPS) is 10.7. The van der Waals surface area contributed by atoms with Gasteiger partial charge in [0.25, 0.3) is 0 Å². The van der Waals surface area contributed by atoms with Crippen molar-refractivity contribution >= 4 is 17.8 Å². The highest BCUT2D eigenvalue weighted by Gasteiger charge is 2.13. The van der Waals surface area contributed by atoms with Gasteiger partial charge < -0.3 is 14.9 Å². The number of carbonyl (C=O) groups is 2. The van der Waals surface area contributed by atoms with Gasteiger partial charge in [-0.25, -0.2) is 4.79 Å². The van der Waals surface area contributed by atoms with Gasteiger partial charge in [0.15, 0.2) is 5.78 Å². The van der Waals surface area contributed by atoms with Gasteiger partial charge in [-0.15, -0.1) is 0 Å². The fourth-order valence-corrected chi connectivity index (χ4v) is 2.61. The molecule has 0 saturated carbocycles. The molecule has 0 aromatic heterocycles. The zero-order valence-corrected chi connectivity index (χ0v) is 14.9. The summed E-state index contributed by atoms with van der Waals surface area (Å²) in [6, 6.07) is 20.6. The number of hydrogen-bond donors (Lipinski definition) is 2. The van der Waals surface area contributed by atoms with Crippen LogP contribution in [-0.2, 0) is 6.61 Å². The maximum absolute atomic E-state index is 12.4. The minimum Gasteiger partial charge on any atom is -0.507 e. The summed E-state index contributed by atoms with van der Waals surface area (Å²) in [5.41, 5.74) is 1.58. The summed E-state index contributed by atoms with van der Waals surface area (Å²) in [7, 11) is 0. The number of para-hydroxylation sites is 1. The second kappa shape index (κ2) is 8.68. The molecule has 0 aliphatic heterocycles. The van der Waals surface area contributed by atoms with Crippen LogP contribution in [0.25, 0.3) is 6.08 Å². The van der Waals surface area contributed by atoms with Gasteiger partial charge in [0.1, 0.15) is 18.1 Å². The number of aromatic hydroxyl groups is 1. The first kappa shape index (κ1) is 18.9. The highest BCUT2D eigenvalue weighted by molar-refractivity contribution is 6.09. The van der Waals surface area contributed by atoms with E-state index < -0.39 is 11.8 Å². The lowest BCUT2D eigenvalue weighted by Crippen LogP contribution is -2.01.